The maximum absolute atomic E-state index is 12.4. The molecule has 0 unspecified atom stereocenters. The molecule has 0 spiro atoms. The zero-order valence-electron chi connectivity index (χ0n) is 14.1. The minimum absolute atomic E-state index is 0.0403. The molecule has 0 atom stereocenters. The topological polar surface area (TPSA) is 90.6 Å². The highest BCUT2D eigenvalue weighted by atomic mass is 32.1. The van der Waals surface area contributed by atoms with Gasteiger partial charge in [-0.15, -0.1) is 0 Å². The molecule has 5 rings (SSSR count). The normalized spacial score (nSPS) is 13.4. The second-order valence-corrected chi connectivity index (χ2v) is 7.02. The van der Waals surface area contributed by atoms with Crippen LogP contribution in [0.1, 0.15) is 26.0 Å². The molecule has 3 aromatic heterocycles. The summed E-state index contributed by atoms with van der Waals surface area (Å²) in [5.74, 6) is -0.0158. The Balaban J connectivity index is 1.57. The molecule has 0 bridgehead atoms. The van der Waals surface area contributed by atoms with Crippen LogP contribution >= 0.6 is 11.3 Å². The molecule has 1 aliphatic rings. The molecule has 0 radical (unpaired) electrons. The van der Waals surface area contributed by atoms with E-state index in [9.17, 15) is 9.59 Å². The summed E-state index contributed by atoms with van der Waals surface area (Å²) in [5, 5.41) is 0.548. The van der Waals surface area contributed by atoms with E-state index in [1.54, 1.807) is 0 Å². The number of thiazole rings is 1. The minimum atomic E-state index is -0.416. The third-order valence-corrected chi connectivity index (χ3v) is 5.25. The molecule has 0 aliphatic heterocycles. The SMILES string of the molecule is Cn1c(-c2ccccc2)nc2sc(C=C3C(=O)c4nccnc4C3=O)nc21. The largest absolute Gasteiger partial charge is 0.311 e. The molecular weight excluding hydrogens is 362 g/mol. The Morgan fingerprint density at radius 1 is 0.963 bits per heavy atom. The van der Waals surface area contributed by atoms with Gasteiger partial charge in [-0.05, 0) is 6.08 Å². The van der Waals surface area contributed by atoms with E-state index < -0.39 is 11.6 Å². The van der Waals surface area contributed by atoms with Crippen molar-refractivity contribution in [1.82, 2.24) is 24.5 Å². The summed E-state index contributed by atoms with van der Waals surface area (Å²) in [5.41, 5.74) is 1.94. The predicted molar refractivity (Wildman–Crippen MR) is 100 cm³/mol. The second kappa shape index (κ2) is 5.75. The van der Waals surface area contributed by atoms with Crippen LogP contribution in [0.15, 0.2) is 48.3 Å². The maximum Gasteiger partial charge on any atom is 0.217 e. The molecule has 0 fully saturated rings. The van der Waals surface area contributed by atoms with E-state index in [2.05, 4.69) is 19.9 Å². The first-order valence-electron chi connectivity index (χ1n) is 8.14. The molecule has 7 nitrogen and oxygen atoms in total. The Kier molecular flexibility index (Phi) is 3.34. The van der Waals surface area contributed by atoms with Crippen molar-refractivity contribution in [1.29, 1.82) is 0 Å². The maximum atomic E-state index is 12.4. The predicted octanol–water partition coefficient (Wildman–Crippen LogP) is 2.95. The summed E-state index contributed by atoms with van der Waals surface area (Å²) in [4.78, 5) is 42.8. The highest BCUT2D eigenvalue weighted by Crippen LogP contribution is 2.30. The molecule has 0 saturated carbocycles. The van der Waals surface area contributed by atoms with E-state index >= 15 is 0 Å². The first-order valence-corrected chi connectivity index (χ1v) is 8.96. The molecule has 0 saturated heterocycles. The molecule has 8 heteroatoms. The number of nitrogens with zero attached hydrogens (tertiary/aromatic N) is 5. The summed E-state index contributed by atoms with van der Waals surface area (Å²) in [6, 6.07) is 9.84. The van der Waals surface area contributed by atoms with Crippen LogP contribution in [0, 0.1) is 0 Å². The lowest BCUT2D eigenvalue weighted by molar-refractivity contribution is 0.0988. The van der Waals surface area contributed by atoms with Gasteiger partial charge in [0.25, 0.3) is 0 Å². The lowest BCUT2D eigenvalue weighted by atomic mass is 10.2. The molecule has 130 valence electrons. The zero-order chi connectivity index (χ0) is 18.5. The first kappa shape index (κ1) is 15.7. The molecule has 27 heavy (non-hydrogen) atoms. The van der Waals surface area contributed by atoms with Gasteiger partial charge in [0, 0.05) is 25.0 Å². The number of ketones is 2. The summed E-state index contributed by atoms with van der Waals surface area (Å²) in [7, 11) is 1.89. The van der Waals surface area contributed by atoms with Crippen molar-refractivity contribution in [3.05, 3.63) is 64.7 Å². The number of allylic oxidation sites excluding steroid dienone is 1. The van der Waals surface area contributed by atoms with Gasteiger partial charge in [-0.2, -0.15) is 0 Å². The van der Waals surface area contributed by atoms with Gasteiger partial charge in [0.15, 0.2) is 10.5 Å². The summed E-state index contributed by atoms with van der Waals surface area (Å²) in [6.07, 6.45) is 4.31. The highest BCUT2D eigenvalue weighted by molar-refractivity contribution is 7.19. The number of imidazole rings is 1. The Bertz CT molecular complexity index is 1230. The summed E-state index contributed by atoms with van der Waals surface area (Å²) in [6.45, 7) is 0. The van der Waals surface area contributed by atoms with E-state index in [0.29, 0.717) is 10.7 Å². The number of rotatable bonds is 2. The number of aryl methyl sites for hydroxylation is 1. The van der Waals surface area contributed by atoms with Gasteiger partial charge in [0.1, 0.15) is 22.2 Å². The van der Waals surface area contributed by atoms with Crippen LogP contribution < -0.4 is 0 Å². The van der Waals surface area contributed by atoms with E-state index in [-0.39, 0.29) is 17.0 Å². The summed E-state index contributed by atoms with van der Waals surface area (Å²) >= 11 is 1.33. The van der Waals surface area contributed by atoms with Gasteiger partial charge >= 0.3 is 0 Å². The van der Waals surface area contributed by atoms with Crippen LogP contribution in [0.2, 0.25) is 0 Å². The number of carbonyl (C=O) groups is 2. The first-order chi connectivity index (χ1) is 13.1. The fourth-order valence-corrected chi connectivity index (χ4v) is 3.99. The molecule has 0 amide bonds. The van der Waals surface area contributed by atoms with Crippen molar-refractivity contribution in [2.75, 3.05) is 0 Å². The number of benzene rings is 1. The lowest BCUT2D eigenvalue weighted by Crippen LogP contribution is -2.01. The molecule has 3 heterocycles. The van der Waals surface area contributed by atoms with E-state index in [1.165, 1.54) is 29.8 Å². The molecular formula is C19H11N5O2S. The number of carbonyl (C=O) groups excluding carboxylic acids is 2. The number of fused-ring (bicyclic) bond motifs is 2. The molecule has 0 N–H and O–H groups in total. The second-order valence-electron chi connectivity index (χ2n) is 6.01. The Morgan fingerprint density at radius 3 is 2.26 bits per heavy atom. The standard InChI is InChI=1S/C19H11N5O2S/c1-24-17(10-5-3-2-4-6-10)23-19-18(24)22-12(27-19)9-11-15(25)13-14(16(11)26)21-8-7-20-13/h2-9H,1H3. The Labute approximate surface area is 157 Å². The quantitative estimate of drug-likeness (QED) is 0.396. The van der Waals surface area contributed by atoms with Gasteiger partial charge < -0.3 is 4.57 Å². The number of Topliss-reactive ketones (excluding diaryl/α,β-unsaturated/α-hetero) is 2. The molecule has 1 aromatic carbocycles. The van der Waals surface area contributed by atoms with Crippen molar-refractivity contribution >= 4 is 39.5 Å². The van der Waals surface area contributed by atoms with Gasteiger partial charge in [-0.3, -0.25) is 9.59 Å². The van der Waals surface area contributed by atoms with Gasteiger partial charge in [-0.25, -0.2) is 19.9 Å². The summed E-state index contributed by atoms with van der Waals surface area (Å²) < 4.78 is 1.90. The van der Waals surface area contributed by atoms with Crippen LogP contribution in [-0.2, 0) is 7.05 Å². The van der Waals surface area contributed by atoms with Crippen molar-refractivity contribution < 1.29 is 9.59 Å². The average molecular weight is 373 g/mol. The van der Waals surface area contributed by atoms with Crippen LogP contribution in [0.5, 0.6) is 0 Å². The van der Waals surface area contributed by atoms with Gasteiger partial charge in [0.05, 0.1) is 5.57 Å². The third kappa shape index (κ3) is 2.34. The van der Waals surface area contributed by atoms with E-state index in [4.69, 9.17) is 0 Å². The van der Waals surface area contributed by atoms with Crippen LogP contribution in [0.4, 0.5) is 0 Å². The van der Waals surface area contributed by atoms with Gasteiger partial charge in [0.2, 0.25) is 11.6 Å². The Hall–Kier alpha value is -3.52. The number of hydrogen-bond acceptors (Lipinski definition) is 7. The highest BCUT2D eigenvalue weighted by Gasteiger charge is 2.36. The van der Waals surface area contributed by atoms with Crippen molar-refractivity contribution in [3.8, 4) is 11.4 Å². The molecule has 1 aliphatic carbocycles. The monoisotopic (exact) mass is 373 g/mol. The number of hydrogen-bond donors (Lipinski definition) is 0. The zero-order valence-corrected chi connectivity index (χ0v) is 14.9. The average Bonchev–Trinajstić information content (AvgIpc) is 3.31. The fourth-order valence-electron chi connectivity index (χ4n) is 3.07. The smallest absolute Gasteiger partial charge is 0.217 e. The fraction of sp³-hybridized carbons (Fsp3) is 0.0526. The van der Waals surface area contributed by atoms with E-state index in [1.807, 2.05) is 41.9 Å². The van der Waals surface area contributed by atoms with Crippen molar-refractivity contribution in [2.45, 2.75) is 0 Å². The number of aromatic nitrogens is 5. The van der Waals surface area contributed by atoms with Crippen LogP contribution in [0.25, 0.3) is 27.9 Å². The third-order valence-electron chi connectivity index (χ3n) is 4.37. The molecule has 4 aromatic rings. The minimum Gasteiger partial charge on any atom is -0.311 e. The lowest BCUT2D eigenvalue weighted by Gasteiger charge is -2.00. The van der Waals surface area contributed by atoms with Crippen LogP contribution in [-0.4, -0.2) is 36.1 Å². The van der Waals surface area contributed by atoms with Crippen molar-refractivity contribution in [2.24, 2.45) is 7.05 Å². The van der Waals surface area contributed by atoms with E-state index in [0.717, 1.165) is 16.2 Å². The van der Waals surface area contributed by atoms with Gasteiger partial charge in [-0.1, -0.05) is 41.7 Å². The van der Waals surface area contributed by atoms with Crippen molar-refractivity contribution in [3.63, 3.8) is 0 Å². The van der Waals surface area contributed by atoms with Crippen LogP contribution in [0.3, 0.4) is 0 Å². The Morgan fingerprint density at radius 2 is 1.63 bits per heavy atom.